The third-order valence-corrected chi connectivity index (χ3v) is 7.11. The molecule has 172 valence electrons. The molecule has 12 heteroatoms. The first-order chi connectivity index (χ1) is 14.6. The van der Waals surface area contributed by atoms with Gasteiger partial charge in [0, 0.05) is 39.1 Å². The van der Waals surface area contributed by atoms with E-state index < -0.39 is 33.6 Å². The summed E-state index contributed by atoms with van der Waals surface area (Å²) in [6.07, 6.45) is -4.55. The largest absolute Gasteiger partial charge is 0.416 e. The first kappa shape index (κ1) is 23.5. The number of hydrogen-bond donors (Lipinski definition) is 1. The van der Waals surface area contributed by atoms with E-state index in [1.807, 2.05) is 0 Å². The number of nitrogens with one attached hydrogen (secondary N) is 1. The van der Waals surface area contributed by atoms with Crippen molar-refractivity contribution in [3.05, 3.63) is 35.4 Å². The zero-order chi connectivity index (χ0) is 22.6. The molecule has 2 amide bonds. The van der Waals surface area contributed by atoms with Gasteiger partial charge in [-0.05, 0) is 17.7 Å². The predicted octanol–water partition coefficient (Wildman–Crippen LogP) is 0.832. The topological polar surface area (TPSA) is 96.0 Å². The van der Waals surface area contributed by atoms with E-state index in [4.69, 9.17) is 4.74 Å². The summed E-state index contributed by atoms with van der Waals surface area (Å²) in [5, 5.41) is 2.55. The number of hydrogen-bond acceptors (Lipinski definition) is 5. The number of carbonyl (C=O) groups excluding carboxylic acids is 2. The fourth-order valence-corrected chi connectivity index (χ4v) is 4.89. The Balaban J connectivity index is 1.50. The monoisotopic (exact) mass is 463 g/mol. The first-order valence-corrected chi connectivity index (χ1v) is 11.4. The number of carbonyl (C=O) groups is 2. The molecule has 2 heterocycles. The van der Waals surface area contributed by atoms with Crippen LogP contribution in [0, 0.1) is 5.92 Å². The fourth-order valence-electron chi connectivity index (χ4n) is 3.57. The maximum atomic E-state index is 12.9. The molecule has 0 spiro atoms. The second-order valence-corrected chi connectivity index (χ2v) is 9.58. The summed E-state index contributed by atoms with van der Waals surface area (Å²) >= 11 is 0. The molecule has 3 rings (SSSR count). The van der Waals surface area contributed by atoms with E-state index in [1.165, 1.54) is 21.3 Å². The van der Waals surface area contributed by atoms with Crippen LogP contribution in [0.3, 0.4) is 0 Å². The molecule has 0 saturated carbocycles. The third kappa shape index (κ3) is 6.17. The van der Waals surface area contributed by atoms with Gasteiger partial charge < -0.3 is 15.0 Å². The summed E-state index contributed by atoms with van der Waals surface area (Å²) in [5.41, 5.74) is -0.478. The molecular weight excluding hydrogens is 439 g/mol. The molecule has 0 radical (unpaired) electrons. The Morgan fingerprint density at radius 1 is 1.23 bits per heavy atom. The van der Waals surface area contributed by atoms with E-state index in [1.54, 1.807) is 0 Å². The highest BCUT2D eigenvalue weighted by molar-refractivity contribution is 7.89. The Bertz CT molecular complexity index is 917. The average Bonchev–Trinajstić information content (AvgIpc) is 3.08. The van der Waals surface area contributed by atoms with Gasteiger partial charge in [0.2, 0.25) is 21.8 Å². The summed E-state index contributed by atoms with van der Waals surface area (Å²) in [5.74, 6) is -1.71. The van der Waals surface area contributed by atoms with Crippen molar-refractivity contribution in [2.75, 3.05) is 45.1 Å². The van der Waals surface area contributed by atoms with Crippen LogP contribution in [0.5, 0.6) is 0 Å². The molecule has 1 aromatic rings. The number of ether oxygens (including phenoxy) is 1. The van der Waals surface area contributed by atoms with Gasteiger partial charge in [-0.1, -0.05) is 12.1 Å². The number of sulfonamides is 1. The van der Waals surface area contributed by atoms with Crippen LogP contribution in [0.4, 0.5) is 13.2 Å². The van der Waals surface area contributed by atoms with E-state index in [9.17, 15) is 31.2 Å². The molecule has 8 nitrogen and oxygen atoms in total. The van der Waals surface area contributed by atoms with Crippen molar-refractivity contribution in [2.24, 2.45) is 5.92 Å². The minimum Gasteiger partial charge on any atom is -0.379 e. The number of amides is 2. The van der Waals surface area contributed by atoms with Gasteiger partial charge in [-0.3, -0.25) is 9.59 Å². The van der Waals surface area contributed by atoms with Crippen molar-refractivity contribution in [3.8, 4) is 0 Å². The van der Waals surface area contributed by atoms with Crippen LogP contribution in [0.2, 0.25) is 0 Å². The number of halogens is 3. The normalized spacial score (nSPS) is 20.8. The van der Waals surface area contributed by atoms with Gasteiger partial charge in [-0.2, -0.15) is 17.5 Å². The lowest BCUT2D eigenvalue weighted by Crippen LogP contribution is -2.44. The molecule has 2 saturated heterocycles. The van der Waals surface area contributed by atoms with Crippen LogP contribution in [0.1, 0.15) is 17.5 Å². The Morgan fingerprint density at radius 2 is 1.94 bits per heavy atom. The van der Waals surface area contributed by atoms with Crippen molar-refractivity contribution in [3.63, 3.8) is 0 Å². The SMILES string of the molecule is O=C(NCCS(=O)(=O)N1CCOCC1)C1CC(=O)N(Cc2cccc(C(F)(F)F)c2)C1. The molecule has 0 aromatic heterocycles. The van der Waals surface area contributed by atoms with Crippen molar-refractivity contribution in [1.29, 1.82) is 0 Å². The van der Waals surface area contributed by atoms with Crippen molar-refractivity contribution in [1.82, 2.24) is 14.5 Å². The zero-order valence-electron chi connectivity index (χ0n) is 16.7. The van der Waals surface area contributed by atoms with Gasteiger partial charge in [-0.25, -0.2) is 8.42 Å². The summed E-state index contributed by atoms with van der Waals surface area (Å²) < 4.78 is 69.6. The summed E-state index contributed by atoms with van der Waals surface area (Å²) in [6, 6.07) is 4.71. The Morgan fingerprint density at radius 3 is 2.61 bits per heavy atom. The maximum absolute atomic E-state index is 12.9. The standard InChI is InChI=1S/C19H24F3N3O5S/c20-19(21,22)16-3-1-2-14(10-16)12-24-13-15(11-17(24)26)18(27)23-4-9-31(28,29)25-5-7-30-8-6-25/h1-3,10,15H,4-9,11-13H2,(H,23,27). The highest BCUT2D eigenvalue weighted by atomic mass is 32.2. The molecule has 0 aliphatic carbocycles. The molecule has 2 fully saturated rings. The van der Waals surface area contributed by atoms with E-state index >= 15 is 0 Å². The molecule has 2 aliphatic heterocycles. The van der Waals surface area contributed by atoms with Crippen LogP contribution < -0.4 is 5.32 Å². The number of rotatable bonds is 7. The lowest BCUT2D eigenvalue weighted by molar-refractivity contribution is -0.137. The minimum absolute atomic E-state index is 0.0298. The number of alkyl halides is 3. The van der Waals surface area contributed by atoms with Gasteiger partial charge in [-0.15, -0.1) is 0 Å². The first-order valence-electron chi connectivity index (χ1n) is 9.83. The van der Waals surface area contributed by atoms with Crippen molar-refractivity contribution < 1.29 is 35.9 Å². The fraction of sp³-hybridized carbons (Fsp3) is 0.579. The number of benzene rings is 1. The molecule has 1 aromatic carbocycles. The van der Waals surface area contributed by atoms with Gasteiger partial charge in [0.1, 0.15) is 0 Å². The lowest BCUT2D eigenvalue weighted by Gasteiger charge is -2.26. The highest BCUT2D eigenvalue weighted by Gasteiger charge is 2.35. The van der Waals surface area contributed by atoms with Crippen molar-refractivity contribution >= 4 is 21.8 Å². The average molecular weight is 463 g/mol. The second kappa shape index (κ2) is 9.53. The molecule has 31 heavy (non-hydrogen) atoms. The van der Waals surface area contributed by atoms with Gasteiger partial charge >= 0.3 is 6.18 Å². The smallest absolute Gasteiger partial charge is 0.379 e. The van der Waals surface area contributed by atoms with Crippen LogP contribution in [-0.2, 0) is 37.1 Å². The Hall–Kier alpha value is -2.18. The number of morpholine rings is 1. The molecule has 1 N–H and O–H groups in total. The van der Waals surface area contributed by atoms with E-state index in [0.717, 1.165) is 12.1 Å². The number of nitrogens with zero attached hydrogens (tertiary/aromatic N) is 2. The second-order valence-electron chi connectivity index (χ2n) is 7.49. The van der Waals surface area contributed by atoms with Crippen LogP contribution >= 0.6 is 0 Å². The van der Waals surface area contributed by atoms with Crippen LogP contribution in [0.15, 0.2) is 24.3 Å². The van der Waals surface area contributed by atoms with Crippen LogP contribution in [-0.4, -0.2) is 74.6 Å². The van der Waals surface area contributed by atoms with Gasteiger partial charge in [0.15, 0.2) is 0 Å². The summed E-state index contributed by atoms with van der Waals surface area (Å²) in [4.78, 5) is 25.9. The molecule has 1 unspecified atom stereocenters. The summed E-state index contributed by atoms with van der Waals surface area (Å²) in [7, 11) is -3.51. The van der Waals surface area contributed by atoms with Crippen LogP contribution in [0.25, 0.3) is 0 Å². The van der Waals surface area contributed by atoms with E-state index in [0.29, 0.717) is 18.8 Å². The summed E-state index contributed by atoms with van der Waals surface area (Å²) in [6.45, 7) is 1.16. The Labute approximate surface area is 178 Å². The van der Waals surface area contributed by atoms with Crippen molar-refractivity contribution in [2.45, 2.75) is 19.1 Å². The minimum atomic E-state index is -4.48. The molecule has 2 aliphatic rings. The van der Waals surface area contributed by atoms with E-state index in [2.05, 4.69) is 5.32 Å². The molecule has 0 bridgehead atoms. The number of likely N-dealkylation sites (tertiary alicyclic amines) is 1. The lowest BCUT2D eigenvalue weighted by atomic mass is 10.1. The third-order valence-electron chi connectivity index (χ3n) is 5.24. The predicted molar refractivity (Wildman–Crippen MR) is 104 cm³/mol. The maximum Gasteiger partial charge on any atom is 0.416 e. The Kier molecular flexibility index (Phi) is 7.22. The molecular formula is C19H24F3N3O5S. The zero-order valence-corrected chi connectivity index (χ0v) is 17.5. The molecule has 1 atom stereocenters. The van der Waals surface area contributed by atoms with E-state index in [-0.39, 0.29) is 50.8 Å². The van der Waals surface area contributed by atoms with Gasteiger partial charge in [0.25, 0.3) is 0 Å². The highest BCUT2D eigenvalue weighted by Crippen LogP contribution is 2.30. The van der Waals surface area contributed by atoms with Gasteiger partial charge in [0.05, 0.1) is 30.4 Å². The quantitative estimate of drug-likeness (QED) is 0.647.